The molecule has 0 bridgehead atoms. The second kappa shape index (κ2) is 5.00. The van der Waals surface area contributed by atoms with Gasteiger partial charge in [0.2, 0.25) is 0 Å². The molecule has 1 aromatic rings. The molecule has 0 radical (unpaired) electrons. The maximum absolute atomic E-state index is 11.9. The van der Waals surface area contributed by atoms with E-state index < -0.39 is 30.6 Å². The number of aromatic carboxylic acids is 1. The second-order valence-corrected chi connectivity index (χ2v) is 3.02. The van der Waals surface area contributed by atoms with Gasteiger partial charge in [0.1, 0.15) is 6.61 Å². The quantitative estimate of drug-likeness (QED) is 0.837. The first-order valence-electron chi connectivity index (χ1n) is 4.38. The lowest BCUT2D eigenvalue weighted by Crippen LogP contribution is -2.34. The van der Waals surface area contributed by atoms with E-state index in [-0.39, 0.29) is 5.75 Å². The van der Waals surface area contributed by atoms with Crippen molar-refractivity contribution in [1.29, 1.82) is 0 Å². The maximum Gasteiger partial charge on any atom is 0.417 e. The Kier molecular flexibility index (Phi) is 3.89. The van der Waals surface area contributed by atoms with Crippen LogP contribution in [0.1, 0.15) is 10.5 Å². The number of carbonyl (C=O) groups is 1. The van der Waals surface area contributed by atoms with Gasteiger partial charge in [0.05, 0.1) is 0 Å². The average Bonchev–Trinajstić information content (AvgIpc) is 2.24. The zero-order valence-corrected chi connectivity index (χ0v) is 8.31. The molecule has 0 aliphatic rings. The van der Waals surface area contributed by atoms with Gasteiger partial charge in [0.15, 0.2) is 17.5 Å². The maximum atomic E-state index is 11.9. The van der Waals surface area contributed by atoms with Crippen LogP contribution in [-0.4, -0.2) is 40.1 Å². The highest BCUT2D eigenvalue weighted by Gasteiger charge is 2.38. The Hall–Kier alpha value is -1.83. The molecule has 2 N–H and O–H groups in total. The van der Waals surface area contributed by atoms with Gasteiger partial charge in [0.25, 0.3) is 0 Å². The van der Waals surface area contributed by atoms with E-state index in [9.17, 15) is 18.0 Å². The Morgan fingerprint density at radius 1 is 1.53 bits per heavy atom. The molecule has 5 nitrogen and oxygen atoms in total. The predicted molar refractivity (Wildman–Crippen MR) is 48.8 cm³/mol. The Labute approximate surface area is 93.5 Å². The predicted octanol–water partition coefficient (Wildman–Crippen LogP) is 1.08. The van der Waals surface area contributed by atoms with Crippen LogP contribution in [0.2, 0.25) is 0 Å². The van der Waals surface area contributed by atoms with Gasteiger partial charge < -0.3 is 14.9 Å². The van der Waals surface area contributed by atoms with Crippen LogP contribution in [0.5, 0.6) is 5.75 Å². The van der Waals surface area contributed by atoms with E-state index in [0.717, 1.165) is 12.3 Å². The molecular weight excluding hydrogens is 243 g/mol. The number of hydrogen-bond donors (Lipinski definition) is 2. The molecule has 1 heterocycles. The molecule has 1 rings (SSSR count). The van der Waals surface area contributed by atoms with Crippen LogP contribution in [0.3, 0.4) is 0 Å². The fraction of sp³-hybridized carbons (Fsp3) is 0.333. The summed E-state index contributed by atoms with van der Waals surface area (Å²) in [5.41, 5.74) is -0.512. The van der Waals surface area contributed by atoms with Crippen molar-refractivity contribution in [2.75, 3.05) is 6.61 Å². The summed E-state index contributed by atoms with van der Waals surface area (Å²) in [4.78, 5) is 14.1. The van der Waals surface area contributed by atoms with E-state index in [2.05, 4.69) is 9.72 Å². The van der Waals surface area contributed by atoms with Gasteiger partial charge in [-0.2, -0.15) is 13.2 Å². The first-order chi connectivity index (χ1) is 7.82. The summed E-state index contributed by atoms with van der Waals surface area (Å²) in [6.07, 6.45) is -6.33. The lowest BCUT2D eigenvalue weighted by atomic mass is 10.3. The summed E-state index contributed by atoms with van der Waals surface area (Å²) >= 11 is 0. The number of rotatable bonds is 4. The van der Waals surface area contributed by atoms with Gasteiger partial charge in [-0.3, -0.25) is 0 Å². The van der Waals surface area contributed by atoms with Crippen LogP contribution < -0.4 is 4.74 Å². The molecule has 0 spiro atoms. The first-order valence-corrected chi connectivity index (χ1v) is 4.38. The van der Waals surface area contributed by atoms with Crippen molar-refractivity contribution in [2.45, 2.75) is 12.3 Å². The number of alkyl halides is 3. The van der Waals surface area contributed by atoms with Crippen LogP contribution in [0.4, 0.5) is 13.2 Å². The number of aliphatic hydroxyl groups is 1. The molecule has 1 atom stereocenters. The van der Waals surface area contributed by atoms with Gasteiger partial charge in [-0.15, -0.1) is 0 Å². The molecule has 0 fully saturated rings. The fourth-order valence-corrected chi connectivity index (χ4v) is 0.931. The number of pyridine rings is 1. The average molecular weight is 251 g/mol. The Balaban J connectivity index is 2.73. The summed E-state index contributed by atoms with van der Waals surface area (Å²) in [5, 5.41) is 17.3. The van der Waals surface area contributed by atoms with Crippen molar-refractivity contribution in [3.05, 3.63) is 24.0 Å². The van der Waals surface area contributed by atoms with Crippen molar-refractivity contribution in [2.24, 2.45) is 0 Å². The molecule has 0 aromatic carbocycles. The fourth-order valence-electron chi connectivity index (χ4n) is 0.931. The van der Waals surface area contributed by atoms with Crippen molar-refractivity contribution in [3.8, 4) is 5.75 Å². The molecule has 1 unspecified atom stereocenters. The van der Waals surface area contributed by atoms with Crippen molar-refractivity contribution >= 4 is 5.97 Å². The topological polar surface area (TPSA) is 79.7 Å². The zero-order chi connectivity index (χ0) is 13.1. The minimum Gasteiger partial charge on any atom is -0.488 e. The van der Waals surface area contributed by atoms with Gasteiger partial charge in [0, 0.05) is 6.20 Å². The number of nitrogens with zero attached hydrogens (tertiary/aromatic N) is 1. The van der Waals surface area contributed by atoms with Gasteiger partial charge in [-0.1, -0.05) is 0 Å². The van der Waals surface area contributed by atoms with Crippen LogP contribution in [0.15, 0.2) is 18.3 Å². The van der Waals surface area contributed by atoms with Gasteiger partial charge in [-0.25, -0.2) is 9.78 Å². The van der Waals surface area contributed by atoms with Crippen molar-refractivity contribution in [1.82, 2.24) is 4.98 Å². The summed E-state index contributed by atoms with van der Waals surface area (Å²) in [6, 6.07) is 2.46. The molecule has 0 saturated heterocycles. The van der Waals surface area contributed by atoms with Crippen LogP contribution in [0.25, 0.3) is 0 Å². The first kappa shape index (κ1) is 13.2. The van der Waals surface area contributed by atoms with E-state index in [0.29, 0.717) is 0 Å². The standard InChI is InChI=1S/C9H8F3NO4/c10-9(11,12)6(14)4-17-5-2-1-3-13-7(5)8(15)16/h1-3,6,14H,4H2,(H,15,16). The normalized spacial score (nSPS) is 13.2. The molecule has 0 amide bonds. The molecule has 0 saturated carbocycles. The summed E-state index contributed by atoms with van der Waals surface area (Å²) in [6.45, 7) is -1.09. The number of halogens is 3. The summed E-state index contributed by atoms with van der Waals surface area (Å²) in [7, 11) is 0. The lowest BCUT2D eigenvalue weighted by Gasteiger charge is -2.15. The third-order valence-electron chi connectivity index (χ3n) is 1.75. The Morgan fingerprint density at radius 2 is 2.18 bits per heavy atom. The smallest absolute Gasteiger partial charge is 0.417 e. The molecule has 0 aliphatic heterocycles. The number of aromatic nitrogens is 1. The summed E-state index contributed by atoms with van der Waals surface area (Å²) in [5.74, 6) is -1.76. The molecule has 17 heavy (non-hydrogen) atoms. The number of carboxylic acid groups (broad SMARTS) is 1. The van der Waals surface area contributed by atoms with E-state index in [1.165, 1.54) is 6.07 Å². The molecular formula is C9H8F3NO4. The highest BCUT2D eigenvalue weighted by molar-refractivity contribution is 5.88. The SMILES string of the molecule is O=C(O)c1ncccc1OCC(O)C(F)(F)F. The third-order valence-corrected chi connectivity index (χ3v) is 1.75. The van der Waals surface area contributed by atoms with Crippen LogP contribution in [0, 0.1) is 0 Å². The van der Waals surface area contributed by atoms with E-state index >= 15 is 0 Å². The second-order valence-electron chi connectivity index (χ2n) is 3.02. The monoisotopic (exact) mass is 251 g/mol. The minimum atomic E-state index is -4.81. The van der Waals surface area contributed by atoms with Gasteiger partial charge >= 0.3 is 12.1 Å². The van der Waals surface area contributed by atoms with E-state index in [4.69, 9.17) is 10.2 Å². The molecule has 94 valence electrons. The third kappa shape index (κ3) is 3.59. The molecule has 0 aliphatic carbocycles. The van der Waals surface area contributed by atoms with Gasteiger partial charge in [-0.05, 0) is 12.1 Å². The highest BCUT2D eigenvalue weighted by Crippen LogP contribution is 2.22. The highest BCUT2D eigenvalue weighted by atomic mass is 19.4. The largest absolute Gasteiger partial charge is 0.488 e. The van der Waals surface area contributed by atoms with Crippen LogP contribution in [-0.2, 0) is 0 Å². The van der Waals surface area contributed by atoms with E-state index in [1.807, 2.05) is 0 Å². The van der Waals surface area contributed by atoms with Crippen molar-refractivity contribution in [3.63, 3.8) is 0 Å². The van der Waals surface area contributed by atoms with Crippen LogP contribution >= 0.6 is 0 Å². The molecule has 1 aromatic heterocycles. The number of ether oxygens (including phenoxy) is 1. The Morgan fingerprint density at radius 3 is 2.71 bits per heavy atom. The molecule has 8 heteroatoms. The number of carboxylic acids is 1. The minimum absolute atomic E-state index is 0.330. The number of hydrogen-bond acceptors (Lipinski definition) is 4. The van der Waals surface area contributed by atoms with Crippen molar-refractivity contribution < 1.29 is 32.9 Å². The number of aliphatic hydroxyl groups excluding tert-OH is 1. The summed E-state index contributed by atoms with van der Waals surface area (Å²) < 4.78 is 40.4. The zero-order valence-electron chi connectivity index (χ0n) is 8.31. The van der Waals surface area contributed by atoms with E-state index in [1.54, 1.807) is 0 Å². The lowest BCUT2D eigenvalue weighted by molar-refractivity contribution is -0.210. The Bertz CT molecular complexity index is 407.